The summed E-state index contributed by atoms with van der Waals surface area (Å²) in [5.74, 6) is 4.06. The minimum atomic E-state index is -3.65. The highest BCUT2D eigenvalue weighted by molar-refractivity contribution is 7.92. The number of rotatable bonds is 5. The number of thiazole rings is 1. The first-order chi connectivity index (χ1) is 8.96. The summed E-state index contributed by atoms with van der Waals surface area (Å²) in [6, 6.07) is 0. The Kier molecular flexibility index (Phi) is 5.75. The molecular formula is C10H12N2O5S2. The molecule has 0 aliphatic carbocycles. The molecule has 0 saturated carbocycles. The number of carbonyl (C=O) groups is 1. The lowest BCUT2D eigenvalue weighted by atomic mass is 10.5. The second-order valence-electron chi connectivity index (χ2n) is 3.24. The molecular weight excluding hydrogens is 292 g/mol. The summed E-state index contributed by atoms with van der Waals surface area (Å²) in [6.07, 6.45) is 1.17. The molecule has 104 valence electrons. The quantitative estimate of drug-likeness (QED) is 0.576. The summed E-state index contributed by atoms with van der Waals surface area (Å²) in [6.45, 7) is -0.280. The van der Waals surface area contributed by atoms with Crippen molar-refractivity contribution < 1.29 is 23.1 Å². The van der Waals surface area contributed by atoms with Crippen LogP contribution in [0.5, 0.6) is 0 Å². The lowest BCUT2D eigenvalue weighted by Crippen LogP contribution is -2.19. The van der Waals surface area contributed by atoms with Crippen LogP contribution in [0, 0.1) is 11.8 Å². The third-order valence-electron chi connectivity index (χ3n) is 1.84. The van der Waals surface area contributed by atoms with E-state index >= 15 is 0 Å². The average molecular weight is 304 g/mol. The average Bonchev–Trinajstić information content (AvgIpc) is 2.80. The van der Waals surface area contributed by atoms with Crippen LogP contribution in [0.25, 0.3) is 0 Å². The Morgan fingerprint density at radius 1 is 1.63 bits per heavy atom. The van der Waals surface area contributed by atoms with Crippen molar-refractivity contribution >= 4 is 32.5 Å². The second-order valence-corrected chi connectivity index (χ2v) is 6.11. The number of carbonyl (C=O) groups excluding carboxylic acids is 1. The Morgan fingerprint density at radius 3 is 3.00 bits per heavy atom. The Balaban J connectivity index is 2.63. The smallest absolute Gasteiger partial charge is 0.306 e. The van der Waals surface area contributed by atoms with Gasteiger partial charge in [-0.2, -0.15) is 0 Å². The normalized spacial score (nSPS) is 10.4. The lowest BCUT2D eigenvalue weighted by molar-refractivity contribution is -0.140. The van der Waals surface area contributed by atoms with Crippen LogP contribution in [0.3, 0.4) is 0 Å². The highest BCUT2D eigenvalue weighted by Crippen LogP contribution is 2.18. The maximum atomic E-state index is 11.6. The van der Waals surface area contributed by atoms with E-state index in [1.807, 2.05) is 0 Å². The molecule has 0 atom stereocenters. The first kappa shape index (κ1) is 15.4. The zero-order valence-electron chi connectivity index (χ0n) is 10.0. The van der Waals surface area contributed by atoms with E-state index in [-0.39, 0.29) is 23.9 Å². The number of nitrogens with one attached hydrogen (secondary N) is 1. The van der Waals surface area contributed by atoms with E-state index in [9.17, 15) is 13.2 Å². The Morgan fingerprint density at radius 2 is 2.37 bits per heavy atom. The van der Waals surface area contributed by atoms with Crippen molar-refractivity contribution in [1.82, 2.24) is 4.98 Å². The van der Waals surface area contributed by atoms with Gasteiger partial charge in [-0.05, 0) is 0 Å². The number of nitrogens with zero attached hydrogens (tertiary/aromatic N) is 1. The van der Waals surface area contributed by atoms with Crippen LogP contribution >= 0.6 is 11.3 Å². The molecule has 0 aliphatic heterocycles. The Labute approximate surface area is 114 Å². The van der Waals surface area contributed by atoms with Gasteiger partial charge in [0.05, 0.1) is 30.4 Å². The van der Waals surface area contributed by atoms with Gasteiger partial charge in [0.2, 0.25) is 10.0 Å². The summed E-state index contributed by atoms with van der Waals surface area (Å²) < 4.78 is 29.8. The molecule has 0 aromatic carbocycles. The van der Waals surface area contributed by atoms with Gasteiger partial charge in [0.25, 0.3) is 0 Å². The van der Waals surface area contributed by atoms with E-state index in [4.69, 9.17) is 5.11 Å². The molecule has 0 bridgehead atoms. The fraction of sp³-hybridized carbons (Fsp3) is 0.400. The standard InChI is InChI=1S/C10H12N2O5S2/c1-17-9(14)4-6-19(15,16)12-10-11-7-8(18-10)3-2-5-13/h7,13H,4-6H2,1H3,(H,11,12). The molecule has 0 unspecified atom stereocenters. The predicted molar refractivity (Wildman–Crippen MR) is 70.1 cm³/mol. The van der Waals surface area contributed by atoms with Crippen LogP contribution in [-0.4, -0.2) is 43.9 Å². The number of anilines is 1. The number of esters is 1. The molecule has 0 spiro atoms. The first-order valence-corrected chi connectivity index (χ1v) is 7.56. The van der Waals surface area contributed by atoms with Crippen molar-refractivity contribution in [3.63, 3.8) is 0 Å². The van der Waals surface area contributed by atoms with Gasteiger partial charge in [-0.1, -0.05) is 23.2 Å². The zero-order valence-corrected chi connectivity index (χ0v) is 11.7. The van der Waals surface area contributed by atoms with Crippen LogP contribution < -0.4 is 4.72 Å². The third kappa shape index (κ3) is 5.69. The third-order valence-corrected chi connectivity index (χ3v) is 4.05. The summed E-state index contributed by atoms with van der Waals surface area (Å²) in [5, 5.41) is 8.68. The highest BCUT2D eigenvalue weighted by Gasteiger charge is 2.15. The molecule has 2 N–H and O–H groups in total. The molecule has 7 nitrogen and oxygen atoms in total. The van der Waals surface area contributed by atoms with Crippen LogP contribution in [0.1, 0.15) is 11.3 Å². The summed E-state index contributed by atoms with van der Waals surface area (Å²) in [4.78, 5) is 15.2. The Bertz CT molecular complexity index is 597. The van der Waals surface area contributed by atoms with Crippen molar-refractivity contribution in [3.05, 3.63) is 11.1 Å². The van der Waals surface area contributed by atoms with Crippen molar-refractivity contribution in [2.24, 2.45) is 0 Å². The molecule has 0 fully saturated rings. The minimum Gasteiger partial charge on any atom is -0.469 e. The number of hydrogen-bond acceptors (Lipinski definition) is 7. The molecule has 19 heavy (non-hydrogen) atoms. The minimum absolute atomic E-state index is 0.159. The van der Waals surface area contributed by atoms with E-state index < -0.39 is 16.0 Å². The molecule has 0 radical (unpaired) electrons. The van der Waals surface area contributed by atoms with Crippen molar-refractivity contribution in [3.8, 4) is 11.8 Å². The first-order valence-electron chi connectivity index (χ1n) is 5.09. The number of hydrogen-bond donors (Lipinski definition) is 2. The number of aliphatic hydroxyl groups is 1. The second kappa shape index (κ2) is 7.08. The highest BCUT2D eigenvalue weighted by atomic mass is 32.2. The predicted octanol–water partition coefficient (Wildman–Crippen LogP) is -0.208. The fourth-order valence-electron chi connectivity index (χ4n) is 1.01. The molecule has 0 saturated heterocycles. The monoisotopic (exact) mass is 304 g/mol. The van der Waals surface area contributed by atoms with Gasteiger partial charge in [0.15, 0.2) is 5.13 Å². The van der Waals surface area contributed by atoms with Gasteiger partial charge >= 0.3 is 5.97 Å². The molecule has 1 heterocycles. The fourth-order valence-corrected chi connectivity index (χ4v) is 2.96. The van der Waals surface area contributed by atoms with Crippen molar-refractivity contribution in [2.45, 2.75) is 6.42 Å². The van der Waals surface area contributed by atoms with Crippen LogP contribution in [0.15, 0.2) is 6.20 Å². The SMILES string of the molecule is COC(=O)CCS(=O)(=O)Nc1ncc(C#CCO)s1. The maximum absolute atomic E-state index is 11.6. The number of aliphatic hydroxyl groups excluding tert-OH is 1. The van der Waals surface area contributed by atoms with Gasteiger partial charge in [0.1, 0.15) is 6.61 Å². The van der Waals surface area contributed by atoms with Gasteiger partial charge < -0.3 is 9.84 Å². The number of ether oxygens (including phenoxy) is 1. The van der Waals surface area contributed by atoms with Crippen molar-refractivity contribution in [2.75, 3.05) is 24.2 Å². The summed E-state index contributed by atoms with van der Waals surface area (Å²) in [7, 11) is -2.46. The van der Waals surface area contributed by atoms with E-state index in [1.165, 1.54) is 13.3 Å². The van der Waals surface area contributed by atoms with Crippen molar-refractivity contribution in [1.29, 1.82) is 0 Å². The Hall–Kier alpha value is -1.63. The molecule has 1 aromatic heterocycles. The molecule has 9 heteroatoms. The lowest BCUT2D eigenvalue weighted by Gasteiger charge is -2.03. The summed E-state index contributed by atoms with van der Waals surface area (Å²) >= 11 is 1.04. The molecule has 1 rings (SSSR count). The van der Waals surface area contributed by atoms with E-state index in [2.05, 4.69) is 26.3 Å². The summed E-state index contributed by atoms with van der Waals surface area (Å²) in [5.41, 5.74) is 0. The van der Waals surface area contributed by atoms with E-state index in [0.717, 1.165) is 11.3 Å². The number of methoxy groups -OCH3 is 1. The van der Waals surface area contributed by atoms with Gasteiger partial charge in [-0.25, -0.2) is 13.4 Å². The van der Waals surface area contributed by atoms with Gasteiger partial charge in [-0.3, -0.25) is 9.52 Å². The number of sulfonamides is 1. The van der Waals surface area contributed by atoms with Gasteiger partial charge in [-0.15, -0.1) is 0 Å². The zero-order chi connectivity index (χ0) is 14.3. The maximum Gasteiger partial charge on any atom is 0.306 e. The topological polar surface area (TPSA) is 106 Å². The van der Waals surface area contributed by atoms with Crippen LogP contribution in [0.4, 0.5) is 5.13 Å². The number of aromatic nitrogens is 1. The molecule has 1 aromatic rings. The van der Waals surface area contributed by atoms with Crippen LogP contribution in [0.2, 0.25) is 0 Å². The van der Waals surface area contributed by atoms with Crippen LogP contribution in [-0.2, 0) is 19.6 Å². The van der Waals surface area contributed by atoms with E-state index in [1.54, 1.807) is 0 Å². The molecule has 0 aliphatic rings. The molecule has 0 amide bonds. The van der Waals surface area contributed by atoms with Gasteiger partial charge in [0, 0.05) is 0 Å². The largest absolute Gasteiger partial charge is 0.469 e. The van der Waals surface area contributed by atoms with E-state index in [0.29, 0.717) is 4.88 Å².